The van der Waals surface area contributed by atoms with Crippen LogP contribution in [0.15, 0.2) is 22.7 Å². The van der Waals surface area contributed by atoms with Crippen molar-refractivity contribution in [2.45, 2.75) is 26.4 Å². The van der Waals surface area contributed by atoms with Gasteiger partial charge in [0.15, 0.2) is 0 Å². The lowest BCUT2D eigenvalue weighted by Crippen LogP contribution is -2.40. The fourth-order valence-electron chi connectivity index (χ4n) is 1.51. The summed E-state index contributed by atoms with van der Waals surface area (Å²) in [7, 11) is 0. The number of rotatable bonds is 5. The largest absolute Gasteiger partial charge is 0.480 e. The van der Waals surface area contributed by atoms with Gasteiger partial charge in [0, 0.05) is 16.0 Å². The van der Waals surface area contributed by atoms with Crippen molar-refractivity contribution >= 4 is 33.5 Å². The van der Waals surface area contributed by atoms with Gasteiger partial charge in [-0.15, -0.1) is 0 Å². The number of benzene rings is 1. The van der Waals surface area contributed by atoms with Gasteiger partial charge < -0.3 is 10.4 Å². The molecule has 0 bridgehead atoms. The molecule has 1 aromatic rings. The summed E-state index contributed by atoms with van der Waals surface area (Å²) in [5.74, 6) is -0.802. The van der Waals surface area contributed by atoms with E-state index in [1.165, 1.54) is 0 Å². The van der Waals surface area contributed by atoms with Crippen LogP contribution in [0.3, 0.4) is 0 Å². The van der Waals surface area contributed by atoms with Crippen LogP contribution in [0.5, 0.6) is 0 Å². The van der Waals surface area contributed by atoms with E-state index in [2.05, 4.69) is 21.2 Å². The molecule has 0 aliphatic carbocycles. The summed E-state index contributed by atoms with van der Waals surface area (Å²) < 4.78 is 0.919. The summed E-state index contributed by atoms with van der Waals surface area (Å²) in [6, 6.07) is 4.90. The quantitative estimate of drug-likeness (QED) is 0.875. The van der Waals surface area contributed by atoms with Crippen LogP contribution in [0.4, 0.5) is 0 Å². The first-order valence-electron chi connectivity index (χ1n) is 5.32. The van der Waals surface area contributed by atoms with Gasteiger partial charge in [-0.25, -0.2) is 0 Å². The smallest absolute Gasteiger partial charge is 0.320 e. The maximum atomic E-state index is 11.0. The van der Waals surface area contributed by atoms with Gasteiger partial charge in [-0.1, -0.05) is 41.4 Å². The molecule has 0 aliphatic heterocycles. The first-order valence-corrected chi connectivity index (χ1v) is 6.49. The molecular formula is C12H15BrClNO2. The Kier molecular flexibility index (Phi) is 5.43. The molecule has 0 unspecified atom stereocenters. The standard InChI is InChI=1S/C12H15BrClNO2/c1-7(2)11(12(16)17)15-6-8-5-9(14)3-4-10(8)13/h3-5,7,11,15H,6H2,1-2H3,(H,16,17)/t11-/m0/s1. The molecule has 1 atom stereocenters. The molecule has 1 aromatic carbocycles. The molecule has 17 heavy (non-hydrogen) atoms. The van der Waals surface area contributed by atoms with Crippen molar-refractivity contribution in [2.24, 2.45) is 5.92 Å². The highest BCUT2D eigenvalue weighted by Crippen LogP contribution is 2.21. The zero-order valence-corrected chi connectivity index (χ0v) is 12.0. The number of nitrogens with one attached hydrogen (secondary N) is 1. The van der Waals surface area contributed by atoms with Crippen molar-refractivity contribution in [3.8, 4) is 0 Å². The lowest BCUT2D eigenvalue weighted by atomic mass is 10.0. The van der Waals surface area contributed by atoms with E-state index in [-0.39, 0.29) is 5.92 Å². The van der Waals surface area contributed by atoms with Gasteiger partial charge in [0.2, 0.25) is 0 Å². The Morgan fingerprint density at radius 1 is 1.53 bits per heavy atom. The summed E-state index contributed by atoms with van der Waals surface area (Å²) in [6.07, 6.45) is 0. The third-order valence-corrected chi connectivity index (χ3v) is 3.46. The monoisotopic (exact) mass is 319 g/mol. The van der Waals surface area contributed by atoms with Crippen LogP contribution in [0.2, 0.25) is 5.02 Å². The molecule has 0 aliphatic rings. The van der Waals surface area contributed by atoms with Crippen molar-refractivity contribution < 1.29 is 9.90 Å². The van der Waals surface area contributed by atoms with E-state index in [4.69, 9.17) is 16.7 Å². The van der Waals surface area contributed by atoms with Gasteiger partial charge in [0.05, 0.1) is 0 Å². The van der Waals surface area contributed by atoms with Crippen LogP contribution < -0.4 is 5.32 Å². The van der Waals surface area contributed by atoms with E-state index >= 15 is 0 Å². The summed E-state index contributed by atoms with van der Waals surface area (Å²) in [4.78, 5) is 11.0. The predicted octanol–water partition coefficient (Wildman–Crippen LogP) is 3.30. The first kappa shape index (κ1) is 14.5. The number of carboxylic acids is 1. The van der Waals surface area contributed by atoms with Gasteiger partial charge >= 0.3 is 5.97 Å². The van der Waals surface area contributed by atoms with Crippen molar-refractivity contribution in [1.82, 2.24) is 5.32 Å². The molecule has 1 rings (SSSR count). The molecule has 0 fully saturated rings. The molecule has 0 aromatic heterocycles. The Bertz CT molecular complexity index is 409. The fourth-order valence-corrected chi connectivity index (χ4v) is 2.09. The van der Waals surface area contributed by atoms with E-state index in [0.29, 0.717) is 11.6 Å². The second-order valence-corrected chi connectivity index (χ2v) is 5.47. The Labute approximate surface area is 114 Å². The molecule has 0 saturated heterocycles. The lowest BCUT2D eigenvalue weighted by Gasteiger charge is -2.18. The van der Waals surface area contributed by atoms with Gasteiger partial charge in [0.25, 0.3) is 0 Å². The molecule has 0 heterocycles. The van der Waals surface area contributed by atoms with E-state index in [9.17, 15) is 4.79 Å². The molecule has 3 nitrogen and oxygen atoms in total. The zero-order chi connectivity index (χ0) is 13.0. The van der Waals surface area contributed by atoms with Crippen LogP contribution >= 0.6 is 27.5 Å². The van der Waals surface area contributed by atoms with Crippen LogP contribution in [0.25, 0.3) is 0 Å². The Hall–Kier alpha value is -0.580. The van der Waals surface area contributed by atoms with Crippen molar-refractivity contribution in [3.63, 3.8) is 0 Å². The van der Waals surface area contributed by atoms with E-state index in [1.807, 2.05) is 26.0 Å². The first-order chi connectivity index (χ1) is 7.91. The van der Waals surface area contributed by atoms with E-state index in [1.54, 1.807) is 6.07 Å². The average Bonchev–Trinajstić information content (AvgIpc) is 2.22. The minimum Gasteiger partial charge on any atom is -0.480 e. The van der Waals surface area contributed by atoms with Crippen molar-refractivity contribution in [2.75, 3.05) is 0 Å². The highest BCUT2D eigenvalue weighted by atomic mass is 79.9. The molecule has 0 radical (unpaired) electrons. The number of aliphatic carboxylic acids is 1. The van der Waals surface area contributed by atoms with Crippen LogP contribution in [0.1, 0.15) is 19.4 Å². The third-order valence-electron chi connectivity index (χ3n) is 2.45. The molecule has 0 amide bonds. The van der Waals surface area contributed by atoms with Gasteiger partial charge in [-0.3, -0.25) is 4.79 Å². The van der Waals surface area contributed by atoms with Gasteiger partial charge in [-0.2, -0.15) is 0 Å². The molecule has 0 saturated carbocycles. The maximum Gasteiger partial charge on any atom is 0.320 e. The topological polar surface area (TPSA) is 49.3 Å². The molecular weight excluding hydrogens is 305 g/mol. The SMILES string of the molecule is CC(C)[C@H](NCc1cc(Cl)ccc1Br)C(=O)O. The molecule has 94 valence electrons. The number of carboxylic acid groups (broad SMARTS) is 1. The van der Waals surface area contributed by atoms with Crippen LogP contribution in [-0.2, 0) is 11.3 Å². The van der Waals surface area contributed by atoms with E-state index in [0.717, 1.165) is 10.0 Å². The van der Waals surface area contributed by atoms with Gasteiger partial charge in [0.1, 0.15) is 6.04 Å². The number of carbonyl (C=O) groups is 1. The van der Waals surface area contributed by atoms with Crippen LogP contribution in [-0.4, -0.2) is 17.1 Å². The van der Waals surface area contributed by atoms with Crippen molar-refractivity contribution in [1.29, 1.82) is 0 Å². The third kappa shape index (κ3) is 4.30. The summed E-state index contributed by atoms with van der Waals surface area (Å²) in [5, 5.41) is 12.7. The Balaban J connectivity index is 2.72. The normalized spacial score (nSPS) is 12.8. The summed E-state index contributed by atoms with van der Waals surface area (Å²) in [5.41, 5.74) is 0.949. The zero-order valence-electron chi connectivity index (χ0n) is 9.71. The molecule has 0 spiro atoms. The fraction of sp³-hybridized carbons (Fsp3) is 0.417. The summed E-state index contributed by atoms with van der Waals surface area (Å²) in [6.45, 7) is 4.22. The number of hydrogen-bond donors (Lipinski definition) is 2. The van der Waals surface area contributed by atoms with Crippen LogP contribution in [0, 0.1) is 5.92 Å². The number of halogens is 2. The summed E-state index contributed by atoms with van der Waals surface area (Å²) >= 11 is 9.30. The van der Waals surface area contributed by atoms with Gasteiger partial charge in [-0.05, 0) is 29.7 Å². The highest BCUT2D eigenvalue weighted by molar-refractivity contribution is 9.10. The minimum atomic E-state index is -0.835. The van der Waals surface area contributed by atoms with E-state index < -0.39 is 12.0 Å². The highest BCUT2D eigenvalue weighted by Gasteiger charge is 2.20. The van der Waals surface area contributed by atoms with Crippen molar-refractivity contribution in [3.05, 3.63) is 33.3 Å². The number of hydrogen-bond acceptors (Lipinski definition) is 2. The second kappa shape index (κ2) is 6.38. The average molecular weight is 321 g/mol. The minimum absolute atomic E-state index is 0.0328. The predicted molar refractivity (Wildman–Crippen MR) is 72.3 cm³/mol. The second-order valence-electron chi connectivity index (χ2n) is 4.18. The Morgan fingerprint density at radius 2 is 2.18 bits per heavy atom. The molecule has 2 N–H and O–H groups in total. The lowest BCUT2D eigenvalue weighted by molar-refractivity contribution is -0.140. The molecule has 5 heteroatoms. The Morgan fingerprint density at radius 3 is 2.71 bits per heavy atom. The maximum absolute atomic E-state index is 11.0.